The molecule has 0 N–H and O–H groups in total. The van der Waals surface area contributed by atoms with Gasteiger partial charge in [-0.2, -0.15) is 0 Å². The van der Waals surface area contributed by atoms with E-state index in [1.54, 1.807) is 0 Å². The molecule has 0 bridgehead atoms. The van der Waals surface area contributed by atoms with Gasteiger partial charge < -0.3 is 4.90 Å². The summed E-state index contributed by atoms with van der Waals surface area (Å²) in [6.07, 6.45) is 0. The Morgan fingerprint density at radius 2 is 1.08 bits per heavy atom. The van der Waals surface area contributed by atoms with Gasteiger partial charge in [0.05, 0.1) is 5.92 Å². The van der Waals surface area contributed by atoms with Crippen LogP contribution < -0.4 is 0 Å². The van der Waals surface area contributed by atoms with Crippen molar-refractivity contribution in [3.05, 3.63) is 42.9 Å². The molecule has 1 aliphatic rings. The van der Waals surface area contributed by atoms with Crippen molar-refractivity contribution in [1.29, 1.82) is 0 Å². The van der Waals surface area contributed by atoms with Gasteiger partial charge in [-0.05, 0) is 51.4 Å². The summed E-state index contributed by atoms with van der Waals surface area (Å²) in [6.45, 7) is 25.6. The third-order valence-electron chi connectivity index (χ3n) is 4.00. The Hall–Kier alpha value is -0.137. The molecule has 1 saturated carbocycles. The summed E-state index contributed by atoms with van der Waals surface area (Å²) in [7, 11) is 4.57. The van der Waals surface area contributed by atoms with Gasteiger partial charge in [-0.1, -0.05) is 27.7 Å². The quantitative estimate of drug-likeness (QED) is 0.368. The summed E-state index contributed by atoms with van der Waals surface area (Å²) in [6, 6.07) is 0.457. The van der Waals surface area contributed by atoms with Gasteiger partial charge in [0.15, 0.2) is 0 Å². The van der Waals surface area contributed by atoms with Gasteiger partial charge in [-0.25, -0.2) is 0 Å². The Kier molecular flexibility index (Phi) is 18.1. The zero-order valence-electron chi connectivity index (χ0n) is 15.6. The molecule has 0 saturated heterocycles. The van der Waals surface area contributed by atoms with Crippen molar-refractivity contribution < 1.29 is 31.4 Å². The molecule has 6 heteroatoms. The molecule has 1 fully saturated rings. The molecule has 0 aromatic rings. The zero-order chi connectivity index (χ0) is 20.2. The maximum atomic E-state index is 12.8. The molecule has 0 aromatic heterocycles. The van der Waals surface area contributed by atoms with Gasteiger partial charge in [-0.3, -0.25) is 4.79 Å². The minimum atomic E-state index is 0.172. The average molecular weight is 441 g/mol. The first-order valence-corrected chi connectivity index (χ1v) is 9.53. The van der Waals surface area contributed by atoms with Crippen molar-refractivity contribution in [2.24, 2.45) is 0 Å². The number of carbonyl (C=O) groups excluding carboxylic acids is 1. The minimum absolute atomic E-state index is 0.172. The predicted octanol–water partition coefficient (Wildman–Crippen LogP) is 4.21. The summed E-state index contributed by atoms with van der Waals surface area (Å²) >= 11 is 1.82. The monoisotopic (exact) mass is 441 g/mol. The number of amides is 1. The van der Waals surface area contributed by atoms with Crippen molar-refractivity contribution >= 4 is 15.6 Å². The van der Waals surface area contributed by atoms with E-state index < -0.39 is 0 Å². The van der Waals surface area contributed by atoms with Crippen molar-refractivity contribution in [3.8, 4) is 0 Å². The molecule has 135 valence electrons. The molecule has 24 heavy (non-hydrogen) atoms. The van der Waals surface area contributed by atoms with Crippen molar-refractivity contribution in [1.82, 2.24) is 4.90 Å². The fourth-order valence-electron chi connectivity index (χ4n) is 2.73. The topological polar surface area (TPSA) is 60.1 Å². The first kappa shape index (κ1) is 28.7. The van der Waals surface area contributed by atoms with E-state index in [-0.39, 0.29) is 18.0 Å². The van der Waals surface area contributed by atoms with Crippen LogP contribution in [0.25, 0.3) is 0 Å². The Morgan fingerprint density at radius 3 is 1.29 bits per heavy atom. The Labute approximate surface area is 162 Å². The van der Waals surface area contributed by atoms with Gasteiger partial charge in [0.2, 0.25) is 5.91 Å². The van der Waals surface area contributed by atoms with Crippen LogP contribution in [-0.4, -0.2) is 22.9 Å². The normalized spacial score (nSPS) is 16.5. The van der Waals surface area contributed by atoms with Crippen LogP contribution >= 0.6 is 9.69 Å². The van der Waals surface area contributed by atoms with Gasteiger partial charge in [-0.15, -0.1) is 0 Å². The Bertz CT molecular complexity index is 357. The number of hydrogen-bond acceptors (Lipinski definition) is 1. The number of nitrogens with zero attached hydrogens (tertiary/aromatic N) is 1. The van der Waals surface area contributed by atoms with E-state index in [0.29, 0.717) is 0 Å². The van der Waals surface area contributed by atoms with Crippen LogP contribution in [-0.2, 0) is 31.4 Å². The van der Waals surface area contributed by atoms with Gasteiger partial charge in [0.1, 0.15) is 0 Å². The molecular weight excluding hydrogens is 415 g/mol. The molecule has 0 unspecified atom stereocenters. The molecule has 5 radical (unpaired) electrons. The van der Waals surface area contributed by atoms with Crippen LogP contribution in [0.15, 0.2) is 0 Å². The first-order valence-electron chi connectivity index (χ1n) is 7.30. The van der Waals surface area contributed by atoms with Crippen molar-refractivity contribution in [2.45, 2.75) is 67.5 Å². The number of hydrogen-bond donors (Lipinski definition) is 0. The van der Waals surface area contributed by atoms with E-state index in [1.807, 2.05) is 22.2 Å². The predicted molar refractivity (Wildman–Crippen MR) is 89.7 cm³/mol. The van der Waals surface area contributed by atoms with Crippen LogP contribution in [0, 0.1) is 42.9 Å². The third kappa shape index (κ3) is 7.40. The number of halogens is 1. The van der Waals surface area contributed by atoms with Crippen LogP contribution in [0.5, 0.6) is 0 Å². The second-order valence-electron chi connectivity index (χ2n) is 5.77. The number of carbonyl (C=O) groups is 1. The molecular formula is C18H26ClNO3Ru+. The SMILES string of the molecule is C[C]1[C](C)[C](C)[C](C(=O)N(C(C)C)C(C)C)[C]1C.[C-]#[O+].[C-]#[O+].[Cl][Ru+]. The molecule has 4 nitrogen and oxygen atoms in total. The second-order valence-corrected chi connectivity index (χ2v) is 5.77. The summed E-state index contributed by atoms with van der Waals surface area (Å²) < 4.78 is 15.0. The molecule has 1 amide bonds. The van der Waals surface area contributed by atoms with Crippen molar-refractivity contribution in [2.75, 3.05) is 0 Å². The molecule has 0 aromatic carbocycles. The molecule has 0 spiro atoms. The average Bonchev–Trinajstić information content (AvgIpc) is 2.76. The van der Waals surface area contributed by atoms with Crippen LogP contribution in [0.1, 0.15) is 55.4 Å². The molecule has 0 atom stereocenters. The Morgan fingerprint density at radius 1 is 0.833 bits per heavy atom. The van der Waals surface area contributed by atoms with E-state index in [1.165, 1.54) is 11.8 Å². The van der Waals surface area contributed by atoms with Gasteiger partial charge in [0, 0.05) is 12.1 Å². The first-order chi connectivity index (χ1) is 11.2. The van der Waals surface area contributed by atoms with Crippen LogP contribution in [0.3, 0.4) is 0 Å². The van der Waals surface area contributed by atoms with Gasteiger partial charge in [0.25, 0.3) is 0 Å². The summed E-state index contributed by atoms with van der Waals surface area (Å²) in [5, 5.41) is 0. The standard InChI is InChI=1S/C16H26NO.2CO.ClH.Ru/c1-9(2)17(10(3)4)16(18)15-13(7)11(5)12(6)14(15)8;2*1-2;;/h9-10H,1-8H3;;;1H;/q;;;;+2/p-1. The number of rotatable bonds is 3. The zero-order valence-corrected chi connectivity index (χ0v) is 18.1. The molecule has 1 rings (SSSR count). The van der Waals surface area contributed by atoms with Gasteiger partial charge >= 0.3 is 49.6 Å². The third-order valence-corrected chi connectivity index (χ3v) is 4.00. The van der Waals surface area contributed by atoms with E-state index in [9.17, 15) is 4.79 Å². The van der Waals surface area contributed by atoms with E-state index >= 15 is 0 Å². The van der Waals surface area contributed by atoms with E-state index in [4.69, 9.17) is 9.30 Å². The fourth-order valence-corrected chi connectivity index (χ4v) is 2.73. The summed E-state index contributed by atoms with van der Waals surface area (Å²) in [5.74, 6) is 5.87. The maximum absolute atomic E-state index is 12.8. The molecule has 0 aliphatic heterocycles. The fraction of sp³-hybridized carbons (Fsp3) is 0.556. The van der Waals surface area contributed by atoms with E-state index in [2.05, 4.69) is 78.4 Å². The second kappa shape index (κ2) is 15.1. The molecule has 0 heterocycles. The van der Waals surface area contributed by atoms with Crippen LogP contribution in [0.2, 0.25) is 0 Å². The Balaban J connectivity index is -0.000000659. The summed E-state index contributed by atoms with van der Waals surface area (Å²) in [4.78, 5) is 14.7. The van der Waals surface area contributed by atoms with E-state index in [0.717, 1.165) is 17.8 Å². The van der Waals surface area contributed by atoms with Crippen molar-refractivity contribution in [3.63, 3.8) is 0 Å². The van der Waals surface area contributed by atoms with Crippen LogP contribution in [0.4, 0.5) is 0 Å². The summed E-state index contributed by atoms with van der Waals surface area (Å²) in [5.41, 5.74) is 0. The molecule has 1 aliphatic carbocycles.